The highest BCUT2D eigenvalue weighted by Gasteiger charge is 2.36. The van der Waals surface area contributed by atoms with Crippen LogP contribution in [0.3, 0.4) is 0 Å². The highest BCUT2D eigenvalue weighted by Crippen LogP contribution is 2.44. The van der Waals surface area contributed by atoms with Gasteiger partial charge < -0.3 is 10.6 Å². The van der Waals surface area contributed by atoms with Gasteiger partial charge in [0.2, 0.25) is 0 Å². The lowest BCUT2D eigenvalue weighted by Gasteiger charge is -2.29. The molecule has 2 atom stereocenters. The van der Waals surface area contributed by atoms with E-state index in [0.29, 0.717) is 24.0 Å². The van der Waals surface area contributed by atoms with Crippen LogP contribution in [0.2, 0.25) is 0 Å². The number of ketones is 1. The number of fused-ring (bicyclic) bond motifs is 1. The smallest absolute Gasteiger partial charge is 0.269 e. The van der Waals surface area contributed by atoms with Crippen molar-refractivity contribution in [3.8, 4) is 0 Å². The Balaban J connectivity index is 1.63. The highest BCUT2D eigenvalue weighted by molar-refractivity contribution is 6.01. The largest absolute Gasteiger partial charge is 0.372 e. The summed E-state index contributed by atoms with van der Waals surface area (Å²) in [6.07, 6.45) is 1.11. The molecule has 0 aromatic heterocycles. The maximum absolute atomic E-state index is 13.4. The van der Waals surface area contributed by atoms with Crippen LogP contribution in [-0.4, -0.2) is 10.7 Å². The Morgan fingerprint density at radius 3 is 2.32 bits per heavy atom. The summed E-state index contributed by atoms with van der Waals surface area (Å²) in [6, 6.07) is 23.9. The number of nitrogens with one attached hydrogen (secondary N) is 2. The first kappa shape index (κ1) is 19.1. The zero-order valence-electron chi connectivity index (χ0n) is 16.7. The van der Waals surface area contributed by atoms with Crippen molar-refractivity contribution in [2.45, 2.75) is 24.8 Å². The van der Waals surface area contributed by atoms with Crippen LogP contribution in [-0.2, 0) is 4.79 Å². The predicted molar refractivity (Wildman–Crippen MR) is 120 cm³/mol. The number of nitrogens with zero attached hydrogens (tertiary/aromatic N) is 1. The Kier molecular flexibility index (Phi) is 4.75. The first-order valence-corrected chi connectivity index (χ1v) is 10.3. The molecule has 2 N–H and O–H groups in total. The maximum atomic E-state index is 13.4. The van der Waals surface area contributed by atoms with Gasteiger partial charge >= 0.3 is 0 Å². The predicted octanol–water partition coefficient (Wildman–Crippen LogP) is 5.57. The monoisotopic (exact) mass is 411 g/mol. The van der Waals surface area contributed by atoms with Crippen LogP contribution in [0.15, 0.2) is 90.1 Å². The normalized spacial score (nSPS) is 20.1. The van der Waals surface area contributed by atoms with E-state index >= 15 is 0 Å². The van der Waals surface area contributed by atoms with E-state index in [1.165, 1.54) is 6.07 Å². The van der Waals surface area contributed by atoms with Crippen LogP contribution < -0.4 is 10.6 Å². The minimum atomic E-state index is -0.463. The molecule has 1 aliphatic carbocycles. The molecule has 0 radical (unpaired) electrons. The lowest BCUT2D eigenvalue weighted by molar-refractivity contribution is -0.384. The lowest BCUT2D eigenvalue weighted by atomic mass is 9.78. The van der Waals surface area contributed by atoms with Crippen LogP contribution >= 0.6 is 0 Å². The van der Waals surface area contributed by atoms with Crippen molar-refractivity contribution in [3.05, 3.63) is 111 Å². The number of anilines is 2. The van der Waals surface area contributed by atoms with Crippen molar-refractivity contribution in [2.75, 3.05) is 10.6 Å². The third-order valence-electron chi connectivity index (χ3n) is 5.99. The average molecular weight is 411 g/mol. The number of allylic oxidation sites excluding steroid dienone is 1. The summed E-state index contributed by atoms with van der Waals surface area (Å²) in [5.41, 5.74) is 5.13. The van der Waals surface area contributed by atoms with Gasteiger partial charge in [-0.2, -0.15) is 0 Å². The van der Waals surface area contributed by atoms with E-state index in [9.17, 15) is 14.9 Å². The Labute approximate surface area is 179 Å². The van der Waals surface area contributed by atoms with Crippen LogP contribution in [0.4, 0.5) is 17.1 Å². The van der Waals surface area contributed by atoms with Gasteiger partial charge in [-0.25, -0.2) is 0 Å². The van der Waals surface area contributed by atoms with Crippen LogP contribution in [0.1, 0.15) is 35.9 Å². The van der Waals surface area contributed by atoms with Gasteiger partial charge in [0.25, 0.3) is 5.69 Å². The third kappa shape index (κ3) is 3.57. The zero-order chi connectivity index (χ0) is 21.4. The van der Waals surface area contributed by atoms with E-state index in [-0.39, 0.29) is 17.4 Å². The molecule has 6 heteroatoms. The molecule has 2 aliphatic rings. The lowest BCUT2D eigenvalue weighted by Crippen LogP contribution is -2.26. The van der Waals surface area contributed by atoms with E-state index < -0.39 is 11.0 Å². The molecule has 0 unspecified atom stereocenters. The van der Waals surface area contributed by atoms with Gasteiger partial charge in [-0.15, -0.1) is 0 Å². The number of non-ortho nitro benzene ring substituents is 1. The topological polar surface area (TPSA) is 84.3 Å². The van der Waals surface area contributed by atoms with E-state index in [1.54, 1.807) is 12.1 Å². The number of nitro benzene ring substituents is 1. The molecular weight excluding hydrogens is 390 g/mol. The first-order valence-electron chi connectivity index (χ1n) is 10.3. The van der Waals surface area contributed by atoms with Crippen LogP contribution in [0, 0.1) is 10.1 Å². The number of hydrogen-bond acceptors (Lipinski definition) is 5. The first-order chi connectivity index (χ1) is 15.1. The fraction of sp³-hybridized carbons (Fsp3) is 0.160. The molecule has 0 saturated heterocycles. The van der Waals surface area contributed by atoms with Crippen molar-refractivity contribution in [1.29, 1.82) is 0 Å². The van der Waals surface area contributed by atoms with Gasteiger partial charge in [-0.1, -0.05) is 54.6 Å². The van der Waals surface area contributed by atoms with E-state index in [2.05, 4.69) is 22.8 Å². The van der Waals surface area contributed by atoms with E-state index in [4.69, 9.17) is 0 Å². The quantitative estimate of drug-likeness (QED) is 0.434. The molecule has 154 valence electrons. The van der Waals surface area contributed by atoms with Crippen molar-refractivity contribution >= 4 is 22.8 Å². The molecule has 3 aromatic carbocycles. The van der Waals surface area contributed by atoms with Gasteiger partial charge in [0.15, 0.2) is 5.78 Å². The Hall–Kier alpha value is -3.93. The second-order valence-electron chi connectivity index (χ2n) is 7.93. The number of nitro groups is 1. The standard InChI is InChI=1S/C25H21N3O3/c29-23-15-18(16-7-2-1-3-8-16)14-22-24(23)25(17-9-6-10-19(13-17)28(30)31)27-21-12-5-4-11-20(21)26-22/h1-13,18,25-27H,14-15H2/t18-,25-/m0/s1. The third-order valence-corrected chi connectivity index (χ3v) is 5.99. The second kappa shape index (κ2) is 7.72. The summed E-state index contributed by atoms with van der Waals surface area (Å²) < 4.78 is 0. The fourth-order valence-electron chi connectivity index (χ4n) is 4.52. The summed E-state index contributed by atoms with van der Waals surface area (Å²) in [5, 5.41) is 18.3. The molecule has 1 aliphatic heterocycles. The SMILES string of the molecule is O=C1C[C@@H](c2ccccc2)CC2=C1[C@H](c1cccc([N+](=O)[O-])c1)Nc1ccccc1N2. The molecule has 1 heterocycles. The van der Waals surface area contributed by atoms with Crippen molar-refractivity contribution < 1.29 is 9.72 Å². The summed E-state index contributed by atoms with van der Waals surface area (Å²) in [7, 11) is 0. The maximum Gasteiger partial charge on any atom is 0.269 e. The van der Waals surface area contributed by atoms with Gasteiger partial charge in [-0.05, 0) is 35.6 Å². The van der Waals surface area contributed by atoms with Crippen LogP contribution in [0.5, 0.6) is 0 Å². The molecule has 5 rings (SSSR count). The Morgan fingerprint density at radius 2 is 1.55 bits per heavy atom. The molecule has 0 spiro atoms. The van der Waals surface area contributed by atoms with Gasteiger partial charge in [0.1, 0.15) is 0 Å². The minimum Gasteiger partial charge on any atom is -0.372 e. The number of Topliss-reactive ketones (excluding diaryl/α,β-unsaturated/α-hetero) is 1. The number of rotatable bonds is 3. The molecule has 6 nitrogen and oxygen atoms in total. The number of carbonyl (C=O) groups is 1. The van der Waals surface area contributed by atoms with E-state index in [1.807, 2.05) is 48.5 Å². The summed E-state index contributed by atoms with van der Waals surface area (Å²) in [4.78, 5) is 24.4. The zero-order valence-corrected chi connectivity index (χ0v) is 16.7. The molecule has 0 amide bonds. The van der Waals surface area contributed by atoms with Crippen LogP contribution in [0.25, 0.3) is 0 Å². The van der Waals surface area contributed by atoms with Gasteiger partial charge in [0, 0.05) is 29.8 Å². The highest BCUT2D eigenvalue weighted by atomic mass is 16.6. The fourth-order valence-corrected chi connectivity index (χ4v) is 4.52. The van der Waals surface area contributed by atoms with Crippen molar-refractivity contribution in [2.24, 2.45) is 0 Å². The molecule has 0 saturated carbocycles. The molecule has 3 aromatic rings. The number of para-hydroxylation sites is 2. The summed E-state index contributed by atoms with van der Waals surface area (Å²) in [6.45, 7) is 0. The Morgan fingerprint density at radius 1 is 0.839 bits per heavy atom. The molecular formula is C25H21N3O3. The Bertz CT molecular complexity index is 1200. The average Bonchev–Trinajstić information content (AvgIpc) is 2.96. The van der Waals surface area contributed by atoms with Crippen molar-refractivity contribution in [3.63, 3.8) is 0 Å². The van der Waals surface area contributed by atoms with Gasteiger partial charge in [-0.3, -0.25) is 14.9 Å². The summed E-state index contributed by atoms with van der Waals surface area (Å²) in [5.74, 6) is 0.149. The minimum absolute atomic E-state index is 0.0114. The molecule has 0 bridgehead atoms. The van der Waals surface area contributed by atoms with E-state index in [0.717, 1.165) is 22.6 Å². The number of carbonyl (C=O) groups excluding carboxylic acids is 1. The van der Waals surface area contributed by atoms with Crippen molar-refractivity contribution in [1.82, 2.24) is 0 Å². The molecule has 0 fully saturated rings. The van der Waals surface area contributed by atoms with Gasteiger partial charge in [0.05, 0.1) is 22.3 Å². The second-order valence-corrected chi connectivity index (χ2v) is 7.93. The number of hydrogen-bond donors (Lipinski definition) is 2. The summed E-state index contributed by atoms with van der Waals surface area (Å²) >= 11 is 0. The molecule has 31 heavy (non-hydrogen) atoms. The number of benzene rings is 3.